The van der Waals surface area contributed by atoms with E-state index >= 15 is 0 Å². The molecule has 1 rings (SSSR count). The van der Waals surface area contributed by atoms with E-state index in [4.69, 9.17) is 4.18 Å². The maximum absolute atomic E-state index is 10.8. The smallest absolute Gasteiger partial charge is 0.264 e. The van der Waals surface area contributed by atoms with E-state index in [1.807, 2.05) is 0 Å². The molecule has 0 bridgehead atoms. The van der Waals surface area contributed by atoms with Crippen LogP contribution in [0.2, 0.25) is 0 Å². The van der Waals surface area contributed by atoms with Crippen molar-refractivity contribution in [1.82, 2.24) is 0 Å². The molecule has 4 heteroatoms. The van der Waals surface area contributed by atoms with Crippen LogP contribution in [0.4, 0.5) is 0 Å². The molecule has 0 aromatic rings. The SMILES string of the molecule is CC1(C)CCC(OS(C)(=O)=O)C1. The molecule has 3 nitrogen and oxygen atoms in total. The Hall–Kier alpha value is -0.0900. The van der Waals surface area contributed by atoms with Crippen molar-refractivity contribution in [3.8, 4) is 0 Å². The summed E-state index contributed by atoms with van der Waals surface area (Å²) in [6.07, 6.45) is 3.78. The second kappa shape index (κ2) is 3.00. The molecule has 12 heavy (non-hydrogen) atoms. The summed E-state index contributed by atoms with van der Waals surface area (Å²) in [5.41, 5.74) is 0.245. The highest BCUT2D eigenvalue weighted by atomic mass is 32.2. The topological polar surface area (TPSA) is 43.4 Å². The van der Waals surface area contributed by atoms with E-state index in [0.29, 0.717) is 0 Å². The summed E-state index contributed by atoms with van der Waals surface area (Å²) < 4.78 is 26.5. The lowest BCUT2D eigenvalue weighted by atomic mass is 9.92. The molecule has 0 heterocycles. The van der Waals surface area contributed by atoms with Crippen LogP contribution in [0.5, 0.6) is 0 Å². The van der Waals surface area contributed by atoms with E-state index < -0.39 is 10.1 Å². The molecule has 0 spiro atoms. The van der Waals surface area contributed by atoms with Crippen molar-refractivity contribution < 1.29 is 12.6 Å². The summed E-state index contributed by atoms with van der Waals surface area (Å²) in [7, 11) is -3.26. The first-order chi connectivity index (χ1) is 5.29. The van der Waals surface area contributed by atoms with Gasteiger partial charge >= 0.3 is 0 Å². The zero-order chi connectivity index (χ0) is 9.41. The normalized spacial score (nSPS) is 29.1. The molecule has 0 N–H and O–H groups in total. The Kier molecular flexibility index (Phi) is 2.50. The summed E-state index contributed by atoms with van der Waals surface area (Å²) in [5, 5.41) is 0. The molecule has 0 aromatic carbocycles. The largest absolute Gasteiger partial charge is 0.267 e. The third kappa shape index (κ3) is 3.11. The molecule has 1 saturated carbocycles. The molecule has 1 aliphatic rings. The maximum atomic E-state index is 10.8. The second-order valence-electron chi connectivity index (χ2n) is 4.33. The average molecular weight is 192 g/mol. The maximum Gasteiger partial charge on any atom is 0.264 e. The quantitative estimate of drug-likeness (QED) is 0.623. The average Bonchev–Trinajstić information content (AvgIpc) is 2.05. The van der Waals surface area contributed by atoms with Gasteiger partial charge in [0.25, 0.3) is 10.1 Å². The molecule has 72 valence electrons. The number of rotatable bonds is 2. The van der Waals surface area contributed by atoms with Gasteiger partial charge in [0.1, 0.15) is 0 Å². The molecule has 1 atom stereocenters. The van der Waals surface area contributed by atoms with E-state index in [1.54, 1.807) is 0 Å². The monoisotopic (exact) mass is 192 g/mol. The van der Waals surface area contributed by atoms with Crippen LogP contribution in [0, 0.1) is 5.41 Å². The highest BCUT2D eigenvalue weighted by molar-refractivity contribution is 7.86. The van der Waals surface area contributed by atoms with E-state index in [-0.39, 0.29) is 11.5 Å². The fraction of sp³-hybridized carbons (Fsp3) is 1.00. The lowest BCUT2D eigenvalue weighted by Gasteiger charge is -2.16. The predicted octanol–water partition coefficient (Wildman–Crippen LogP) is 1.54. The van der Waals surface area contributed by atoms with Crippen LogP contribution >= 0.6 is 0 Å². The van der Waals surface area contributed by atoms with Gasteiger partial charge in [0.05, 0.1) is 12.4 Å². The zero-order valence-electron chi connectivity index (χ0n) is 7.83. The van der Waals surface area contributed by atoms with Gasteiger partial charge in [0.2, 0.25) is 0 Å². The molecular weight excluding hydrogens is 176 g/mol. The van der Waals surface area contributed by atoms with E-state index in [1.165, 1.54) is 0 Å². The highest BCUT2D eigenvalue weighted by Crippen LogP contribution is 2.38. The van der Waals surface area contributed by atoms with Gasteiger partial charge in [0, 0.05) is 0 Å². The van der Waals surface area contributed by atoms with E-state index in [0.717, 1.165) is 25.5 Å². The van der Waals surface area contributed by atoms with Crippen LogP contribution in [0.3, 0.4) is 0 Å². The van der Waals surface area contributed by atoms with Crippen LogP contribution in [-0.4, -0.2) is 20.8 Å². The molecule has 0 aromatic heterocycles. The van der Waals surface area contributed by atoms with Crippen molar-refractivity contribution in [3.05, 3.63) is 0 Å². The Morgan fingerprint density at radius 3 is 2.33 bits per heavy atom. The van der Waals surface area contributed by atoms with Gasteiger partial charge in [-0.05, 0) is 24.7 Å². The van der Waals surface area contributed by atoms with Crippen molar-refractivity contribution in [3.63, 3.8) is 0 Å². The summed E-state index contributed by atoms with van der Waals surface area (Å²) in [4.78, 5) is 0. The Morgan fingerprint density at radius 1 is 1.42 bits per heavy atom. The van der Waals surface area contributed by atoms with Gasteiger partial charge < -0.3 is 0 Å². The van der Waals surface area contributed by atoms with E-state index in [2.05, 4.69) is 13.8 Å². The fourth-order valence-electron chi connectivity index (χ4n) is 1.70. The Labute approximate surface area is 74.2 Å². The molecule has 0 aliphatic heterocycles. The van der Waals surface area contributed by atoms with Crippen molar-refractivity contribution in [2.24, 2.45) is 5.41 Å². The van der Waals surface area contributed by atoms with Crippen LogP contribution < -0.4 is 0 Å². The molecule has 1 fully saturated rings. The second-order valence-corrected chi connectivity index (χ2v) is 5.93. The van der Waals surface area contributed by atoms with Crippen LogP contribution in [0.25, 0.3) is 0 Å². The minimum Gasteiger partial charge on any atom is -0.267 e. The molecule has 1 unspecified atom stereocenters. The Balaban J connectivity index is 2.49. The lowest BCUT2D eigenvalue weighted by molar-refractivity contribution is 0.202. The van der Waals surface area contributed by atoms with Crippen LogP contribution in [0.1, 0.15) is 33.1 Å². The highest BCUT2D eigenvalue weighted by Gasteiger charge is 2.33. The minimum atomic E-state index is -3.26. The summed E-state index contributed by atoms with van der Waals surface area (Å²) in [6, 6.07) is 0. The van der Waals surface area contributed by atoms with Crippen molar-refractivity contribution in [1.29, 1.82) is 0 Å². The van der Waals surface area contributed by atoms with Crippen molar-refractivity contribution in [2.45, 2.75) is 39.2 Å². The molecule has 0 amide bonds. The van der Waals surface area contributed by atoms with Gasteiger partial charge in [-0.15, -0.1) is 0 Å². The first kappa shape index (κ1) is 9.99. The van der Waals surface area contributed by atoms with Crippen molar-refractivity contribution >= 4 is 10.1 Å². The van der Waals surface area contributed by atoms with E-state index in [9.17, 15) is 8.42 Å². The number of hydrogen-bond acceptors (Lipinski definition) is 3. The van der Waals surface area contributed by atoms with Gasteiger partial charge in [-0.25, -0.2) is 0 Å². The molecular formula is C8H16O3S. The minimum absolute atomic E-state index is 0.0880. The van der Waals surface area contributed by atoms with Gasteiger partial charge in [0.15, 0.2) is 0 Å². The van der Waals surface area contributed by atoms with Gasteiger partial charge in [-0.1, -0.05) is 13.8 Å². The van der Waals surface area contributed by atoms with Gasteiger partial charge in [-0.3, -0.25) is 4.18 Å². The first-order valence-corrected chi connectivity index (χ1v) is 5.98. The van der Waals surface area contributed by atoms with Crippen LogP contribution in [0.15, 0.2) is 0 Å². The summed E-state index contributed by atoms with van der Waals surface area (Å²) in [5.74, 6) is 0. The summed E-state index contributed by atoms with van der Waals surface area (Å²) in [6.45, 7) is 4.28. The molecule has 0 radical (unpaired) electrons. The lowest BCUT2D eigenvalue weighted by Crippen LogP contribution is -2.15. The first-order valence-electron chi connectivity index (χ1n) is 4.17. The molecule has 1 aliphatic carbocycles. The zero-order valence-corrected chi connectivity index (χ0v) is 8.65. The third-order valence-corrected chi connectivity index (χ3v) is 2.86. The summed E-state index contributed by atoms with van der Waals surface area (Å²) >= 11 is 0. The Bertz CT molecular complexity index is 253. The van der Waals surface area contributed by atoms with Crippen molar-refractivity contribution in [2.75, 3.05) is 6.26 Å². The van der Waals surface area contributed by atoms with Gasteiger partial charge in [-0.2, -0.15) is 8.42 Å². The van der Waals surface area contributed by atoms with Crippen LogP contribution in [-0.2, 0) is 14.3 Å². The number of hydrogen-bond donors (Lipinski definition) is 0. The molecule has 0 saturated heterocycles. The fourth-order valence-corrected chi connectivity index (χ4v) is 2.36. The Morgan fingerprint density at radius 2 is 2.00 bits per heavy atom. The standard InChI is InChI=1S/C8H16O3S/c1-8(2)5-4-7(6-8)11-12(3,9)10/h7H,4-6H2,1-3H3. The predicted molar refractivity (Wildman–Crippen MR) is 47.3 cm³/mol. The third-order valence-electron chi connectivity index (χ3n) is 2.23.